The number of nitrogens with zero attached hydrogens (tertiary/aromatic N) is 4. The molecule has 0 bridgehead atoms. The van der Waals surface area contributed by atoms with Crippen LogP contribution in [0.25, 0.3) is 16.1 Å². The second-order valence-corrected chi connectivity index (χ2v) is 2.66. The van der Waals surface area contributed by atoms with Gasteiger partial charge in [0.15, 0.2) is 0 Å². The van der Waals surface area contributed by atoms with Gasteiger partial charge < -0.3 is 0 Å². The van der Waals surface area contributed by atoms with Gasteiger partial charge >= 0.3 is 0 Å². The van der Waals surface area contributed by atoms with E-state index in [1.807, 2.05) is 0 Å². The van der Waals surface area contributed by atoms with Crippen molar-refractivity contribution < 1.29 is 0 Å². The molecule has 62 valence electrons. The fraction of sp³-hybridized carbons (Fsp3) is 0. The standard InChI is InChI=1S/C9N4S/c1-13-6(4-12)8-7(9(8)14)5(2-10)3-11. The molecule has 0 spiro atoms. The van der Waals surface area contributed by atoms with Gasteiger partial charge in [0.25, 0.3) is 5.70 Å². The molecular weight excluding hydrogens is 196 g/mol. The minimum absolute atomic E-state index is 0.138. The zero-order valence-corrected chi connectivity index (χ0v) is 7.51. The van der Waals surface area contributed by atoms with Crippen LogP contribution in [0.4, 0.5) is 0 Å². The quantitative estimate of drug-likeness (QED) is 0.433. The fourth-order valence-electron chi connectivity index (χ4n) is 0.908. The summed E-state index contributed by atoms with van der Waals surface area (Å²) >= 11 is 4.80. The summed E-state index contributed by atoms with van der Waals surface area (Å²) in [6.45, 7) is 6.66. The first-order chi connectivity index (χ1) is 6.71. The van der Waals surface area contributed by atoms with Crippen LogP contribution in [0.1, 0.15) is 0 Å². The van der Waals surface area contributed by atoms with E-state index in [0.29, 0.717) is 0 Å². The summed E-state index contributed by atoms with van der Waals surface area (Å²) in [7, 11) is 0. The van der Waals surface area contributed by atoms with E-state index in [9.17, 15) is 0 Å². The van der Waals surface area contributed by atoms with Crippen molar-refractivity contribution >= 4 is 23.5 Å². The third-order valence-electron chi connectivity index (χ3n) is 1.57. The molecule has 1 aromatic rings. The molecule has 0 aliphatic rings. The lowest BCUT2D eigenvalue weighted by molar-refractivity contribution is 1.51. The van der Waals surface area contributed by atoms with E-state index < -0.39 is 0 Å². The fourth-order valence-corrected chi connectivity index (χ4v) is 1.26. The highest BCUT2D eigenvalue weighted by Gasteiger charge is 2.13. The van der Waals surface area contributed by atoms with Gasteiger partial charge in [-0.2, -0.15) is 10.5 Å². The van der Waals surface area contributed by atoms with E-state index in [1.165, 1.54) is 0 Å². The van der Waals surface area contributed by atoms with Crippen molar-refractivity contribution in [1.82, 2.24) is 0 Å². The molecule has 4 nitrogen and oxygen atoms in total. The molecule has 0 fully saturated rings. The van der Waals surface area contributed by atoms with Crippen LogP contribution < -0.4 is 10.4 Å². The molecule has 0 amide bonds. The lowest BCUT2D eigenvalue weighted by Gasteiger charge is -1.69. The van der Waals surface area contributed by atoms with Crippen molar-refractivity contribution in [3.8, 4) is 18.2 Å². The van der Waals surface area contributed by atoms with E-state index in [4.69, 9.17) is 34.6 Å². The Bertz CT molecular complexity index is 596. The average molecular weight is 196 g/mol. The maximum absolute atomic E-state index is 8.53. The predicted octanol–water partition coefficient (Wildman–Crippen LogP) is 0.0406. The van der Waals surface area contributed by atoms with Gasteiger partial charge in [0.1, 0.15) is 17.7 Å². The van der Waals surface area contributed by atoms with Crippen LogP contribution in [-0.2, 0) is 0 Å². The number of rotatable bonds is 0. The molecule has 1 aromatic carbocycles. The van der Waals surface area contributed by atoms with Crippen LogP contribution >= 0.6 is 12.2 Å². The lowest BCUT2D eigenvalue weighted by atomic mass is 10.3. The van der Waals surface area contributed by atoms with Crippen LogP contribution in [0.15, 0.2) is 0 Å². The smallest absolute Gasteiger partial charge is 0.226 e. The normalized spacial score (nSPS) is 10.6. The van der Waals surface area contributed by atoms with Gasteiger partial charge in [0.2, 0.25) is 0 Å². The first kappa shape index (κ1) is 9.62. The molecule has 0 N–H and O–H groups in total. The molecule has 0 aliphatic heterocycles. The van der Waals surface area contributed by atoms with E-state index in [2.05, 4.69) is 4.85 Å². The van der Waals surface area contributed by atoms with Crippen molar-refractivity contribution in [3.63, 3.8) is 0 Å². The zero-order valence-electron chi connectivity index (χ0n) is 6.70. The van der Waals surface area contributed by atoms with Crippen LogP contribution in [0, 0.1) is 45.1 Å². The molecule has 0 aliphatic carbocycles. The van der Waals surface area contributed by atoms with Crippen molar-refractivity contribution in [2.75, 3.05) is 0 Å². The van der Waals surface area contributed by atoms with Crippen LogP contribution in [0.3, 0.4) is 0 Å². The predicted molar refractivity (Wildman–Crippen MR) is 49.2 cm³/mol. The maximum Gasteiger partial charge on any atom is 0.271 e. The maximum atomic E-state index is 8.53. The van der Waals surface area contributed by atoms with E-state index in [1.54, 1.807) is 18.2 Å². The zero-order chi connectivity index (χ0) is 10.7. The Kier molecular flexibility index (Phi) is 2.40. The molecule has 0 saturated carbocycles. The van der Waals surface area contributed by atoms with Crippen molar-refractivity contribution in [1.29, 1.82) is 15.8 Å². The van der Waals surface area contributed by atoms with Crippen molar-refractivity contribution in [3.05, 3.63) is 26.4 Å². The Balaban J connectivity index is 3.80. The largest absolute Gasteiger partial charge is 0.271 e. The van der Waals surface area contributed by atoms with Gasteiger partial charge in [-0.15, -0.1) is 0 Å². The molecule has 0 atom stereocenters. The Morgan fingerprint density at radius 1 is 1.14 bits per heavy atom. The summed E-state index contributed by atoms with van der Waals surface area (Å²) in [6.07, 6.45) is 0. The van der Waals surface area contributed by atoms with Gasteiger partial charge in [0.05, 0.1) is 12.6 Å². The summed E-state index contributed by atoms with van der Waals surface area (Å²) in [5.74, 6) is 0. The highest BCUT2D eigenvalue weighted by atomic mass is 32.1. The number of hydrogen-bond acceptors (Lipinski definition) is 4. The second kappa shape index (κ2) is 3.50. The molecule has 14 heavy (non-hydrogen) atoms. The van der Waals surface area contributed by atoms with Crippen LogP contribution in [0.2, 0.25) is 0 Å². The summed E-state index contributed by atoms with van der Waals surface area (Å²) in [6, 6.07) is 4.99. The molecular formula is C9N4S. The Hall–Kier alpha value is -2.47. The van der Waals surface area contributed by atoms with Crippen LogP contribution in [0.5, 0.6) is 0 Å². The summed E-state index contributed by atoms with van der Waals surface area (Å²) in [4.78, 5) is 2.95. The summed E-state index contributed by atoms with van der Waals surface area (Å²) in [5.41, 5.74) is -0.297. The van der Waals surface area contributed by atoms with E-state index in [-0.39, 0.29) is 26.2 Å². The van der Waals surface area contributed by atoms with Crippen LogP contribution in [-0.4, -0.2) is 0 Å². The lowest BCUT2D eigenvalue weighted by Crippen LogP contribution is -2.03. The minimum atomic E-state index is -0.159. The molecule has 0 heterocycles. The van der Waals surface area contributed by atoms with E-state index >= 15 is 0 Å². The average Bonchev–Trinajstić information content (AvgIpc) is 2.83. The highest BCUT2D eigenvalue weighted by molar-refractivity contribution is 7.71. The minimum Gasteiger partial charge on any atom is -0.226 e. The van der Waals surface area contributed by atoms with E-state index in [0.717, 1.165) is 0 Å². The monoisotopic (exact) mass is 196 g/mol. The molecule has 0 saturated heterocycles. The third kappa shape index (κ3) is 1.25. The second-order valence-electron chi connectivity index (χ2n) is 2.25. The molecule has 0 radical (unpaired) electrons. The van der Waals surface area contributed by atoms with Crippen molar-refractivity contribution in [2.24, 2.45) is 0 Å². The number of hydrogen-bond donors (Lipinski definition) is 0. The van der Waals surface area contributed by atoms with Gasteiger partial charge in [-0.05, 0) is 0 Å². The van der Waals surface area contributed by atoms with Gasteiger partial charge in [-0.1, -0.05) is 12.2 Å². The SMILES string of the molecule is [C-]#[N+]C(C#N)=c1c(=S)c1=C(C#N)C#N. The molecule has 1 rings (SSSR count). The summed E-state index contributed by atoms with van der Waals surface area (Å²) < 4.78 is 0.274. The molecule has 0 aromatic heterocycles. The number of nitriles is 3. The summed E-state index contributed by atoms with van der Waals surface area (Å²) in [5, 5.41) is 26.1. The molecule has 0 unspecified atom stereocenters. The Morgan fingerprint density at radius 3 is 2.07 bits per heavy atom. The highest BCUT2D eigenvalue weighted by Crippen LogP contribution is 1.95. The van der Waals surface area contributed by atoms with Gasteiger partial charge in [-0.3, -0.25) is 0 Å². The Morgan fingerprint density at radius 2 is 1.71 bits per heavy atom. The Labute approximate surface area is 84.3 Å². The van der Waals surface area contributed by atoms with Gasteiger partial charge in [0, 0.05) is 14.9 Å². The van der Waals surface area contributed by atoms with Gasteiger partial charge in [-0.25, -0.2) is 10.1 Å². The first-order valence-corrected chi connectivity index (χ1v) is 3.73. The molecule has 5 heteroatoms. The third-order valence-corrected chi connectivity index (χ3v) is 1.98. The topological polar surface area (TPSA) is 75.7 Å². The first-order valence-electron chi connectivity index (χ1n) is 3.32. The van der Waals surface area contributed by atoms with Crippen molar-refractivity contribution in [2.45, 2.75) is 0 Å².